The number of benzene rings is 3. The van der Waals surface area contributed by atoms with Crippen LogP contribution in [0.3, 0.4) is 0 Å². The minimum Gasteiger partial charge on any atom is -0.456 e. The highest BCUT2D eigenvalue weighted by Crippen LogP contribution is 2.64. The molecule has 3 aromatic rings. The van der Waals surface area contributed by atoms with E-state index < -0.39 is 113 Å². The highest BCUT2D eigenvalue weighted by atomic mass is 16.6. The van der Waals surface area contributed by atoms with Crippen LogP contribution in [0.5, 0.6) is 0 Å². The molecule has 15 nitrogen and oxygen atoms in total. The molecule has 4 N–H and O–H groups in total. The first-order valence-corrected chi connectivity index (χ1v) is 20.5. The van der Waals surface area contributed by atoms with Gasteiger partial charge in [-0.1, -0.05) is 80.6 Å². The van der Waals surface area contributed by atoms with Gasteiger partial charge in [0.25, 0.3) is 5.91 Å². The van der Waals surface area contributed by atoms with Gasteiger partial charge in [-0.3, -0.25) is 19.2 Å². The SMILES string of the molecule is CC(=O)O[C@@H]1C(=O)[C@@]2(C)C([C@H](OC(=O)c3ccccc3)C3(O)C[C@H](OC(=O)[C@H](O)[C@@H](NC(=O)c4ccccc4)c4ccccc4)C(C)=C1C3(C)C)[C@]1(OC(C)=O)CO[C@@H]1C[C@@H]2O. The predicted octanol–water partition coefficient (Wildman–Crippen LogP) is 3.74. The van der Waals surface area contributed by atoms with Crippen LogP contribution in [0.4, 0.5) is 0 Å². The molecule has 1 aliphatic heterocycles. The fourth-order valence-corrected chi connectivity index (χ4v) is 10.2. The molecule has 0 spiro atoms. The van der Waals surface area contributed by atoms with Gasteiger partial charge < -0.3 is 44.3 Å². The fraction of sp³-hybridized carbons (Fsp3) is 0.447. The second kappa shape index (κ2) is 16.5. The van der Waals surface area contributed by atoms with Crippen molar-refractivity contribution in [3.05, 3.63) is 119 Å². The first kappa shape index (κ1) is 44.3. The van der Waals surface area contributed by atoms with Crippen LogP contribution in [0.25, 0.3) is 0 Å². The number of ketones is 1. The topological polar surface area (TPSA) is 221 Å². The summed E-state index contributed by atoms with van der Waals surface area (Å²) in [5.41, 5.74) is -7.02. The van der Waals surface area contributed by atoms with Gasteiger partial charge >= 0.3 is 23.9 Å². The van der Waals surface area contributed by atoms with Crippen molar-refractivity contribution in [2.75, 3.05) is 6.61 Å². The Labute approximate surface area is 358 Å². The average molecular weight is 854 g/mol. The molecule has 3 fully saturated rings. The molecule has 62 heavy (non-hydrogen) atoms. The van der Waals surface area contributed by atoms with Crippen LogP contribution in [0.2, 0.25) is 0 Å². The summed E-state index contributed by atoms with van der Waals surface area (Å²) in [6, 6.07) is 22.9. The molecule has 7 rings (SSSR count). The molecule has 3 aromatic carbocycles. The van der Waals surface area contributed by atoms with Gasteiger partial charge in [-0.05, 0) is 54.8 Å². The molecule has 1 heterocycles. The van der Waals surface area contributed by atoms with E-state index in [0.29, 0.717) is 5.56 Å². The van der Waals surface area contributed by atoms with Gasteiger partial charge in [0.15, 0.2) is 23.6 Å². The second-order valence-corrected chi connectivity index (χ2v) is 17.4. The summed E-state index contributed by atoms with van der Waals surface area (Å²) < 4.78 is 30.3. The number of nitrogens with one attached hydrogen (secondary N) is 1. The standard InChI is InChI=1S/C47H51NO14/c1-25-31(60-43(56)36(52)35(28-16-10-7-11-17-28)48-41(54)29-18-12-8-13-19-29)23-47(57)40(61-42(55)30-20-14-9-15-21-30)38-45(6,32(51)22-33-46(38,24-58-33)62-27(3)50)39(53)37(59-26(2)49)34(25)44(47,4)5/h7-21,31-33,35-38,40,51-52,57H,22-24H2,1-6H3,(H,48,54)/t31-,32-,33+,35-,36+,37-,38?,40-,45+,46-,47?/m0/s1. The van der Waals surface area contributed by atoms with E-state index in [0.717, 1.165) is 13.8 Å². The Morgan fingerprint density at radius 3 is 1.95 bits per heavy atom. The maximum Gasteiger partial charge on any atom is 0.338 e. The van der Waals surface area contributed by atoms with Crippen molar-refractivity contribution < 1.29 is 67.8 Å². The van der Waals surface area contributed by atoms with Gasteiger partial charge in [0.2, 0.25) is 0 Å². The molecule has 1 amide bonds. The molecule has 2 bridgehead atoms. The van der Waals surface area contributed by atoms with Crippen LogP contribution < -0.4 is 5.32 Å². The Hall–Kier alpha value is -5.74. The van der Waals surface area contributed by atoms with Crippen LogP contribution in [-0.4, -0.2) is 105 Å². The van der Waals surface area contributed by atoms with Crippen molar-refractivity contribution in [1.82, 2.24) is 5.32 Å². The number of aliphatic hydroxyl groups is 3. The molecule has 1 saturated heterocycles. The maximum atomic E-state index is 15.5. The summed E-state index contributed by atoms with van der Waals surface area (Å²) in [5, 5.41) is 40.2. The molecule has 11 atom stereocenters. The largest absolute Gasteiger partial charge is 0.456 e. The van der Waals surface area contributed by atoms with Gasteiger partial charge in [0, 0.05) is 37.7 Å². The number of amides is 1. The lowest BCUT2D eigenvalue weighted by atomic mass is 9.44. The van der Waals surface area contributed by atoms with E-state index in [1.54, 1.807) is 92.7 Å². The van der Waals surface area contributed by atoms with Gasteiger partial charge in [-0.2, -0.15) is 0 Å². The quantitative estimate of drug-likeness (QED) is 0.130. The van der Waals surface area contributed by atoms with E-state index in [1.165, 1.54) is 26.0 Å². The summed E-state index contributed by atoms with van der Waals surface area (Å²) >= 11 is 0. The predicted molar refractivity (Wildman–Crippen MR) is 218 cm³/mol. The first-order chi connectivity index (χ1) is 29.3. The summed E-state index contributed by atoms with van der Waals surface area (Å²) in [4.78, 5) is 83.5. The van der Waals surface area contributed by atoms with Gasteiger partial charge in [0.1, 0.15) is 23.9 Å². The molecule has 328 valence electrons. The van der Waals surface area contributed by atoms with Crippen molar-refractivity contribution in [2.24, 2.45) is 16.7 Å². The zero-order valence-electron chi connectivity index (χ0n) is 35.2. The van der Waals surface area contributed by atoms with Crippen LogP contribution >= 0.6 is 0 Å². The number of hydrogen-bond donors (Lipinski definition) is 4. The van der Waals surface area contributed by atoms with Crippen molar-refractivity contribution in [3.8, 4) is 0 Å². The summed E-state index contributed by atoms with van der Waals surface area (Å²) in [7, 11) is 0. The number of hydrogen-bond acceptors (Lipinski definition) is 14. The van der Waals surface area contributed by atoms with Crippen LogP contribution in [0.15, 0.2) is 102 Å². The zero-order valence-corrected chi connectivity index (χ0v) is 35.2. The number of carbonyl (C=O) groups excluding carboxylic acids is 6. The van der Waals surface area contributed by atoms with E-state index in [2.05, 4.69) is 5.32 Å². The zero-order chi connectivity index (χ0) is 44.9. The lowest BCUT2D eigenvalue weighted by Crippen LogP contribution is -2.82. The number of fused-ring (bicyclic) bond motifs is 5. The van der Waals surface area contributed by atoms with E-state index >= 15 is 4.79 Å². The highest BCUT2D eigenvalue weighted by molar-refractivity contribution is 5.96. The van der Waals surface area contributed by atoms with Crippen molar-refractivity contribution in [3.63, 3.8) is 0 Å². The molecule has 4 aliphatic rings. The minimum atomic E-state index is -2.39. The molecular formula is C47H51NO14. The Balaban J connectivity index is 1.39. The van der Waals surface area contributed by atoms with E-state index in [1.807, 2.05) is 0 Å². The number of carbonyl (C=O) groups is 6. The lowest BCUT2D eigenvalue weighted by molar-refractivity contribution is -0.346. The Morgan fingerprint density at radius 1 is 0.823 bits per heavy atom. The monoisotopic (exact) mass is 853 g/mol. The molecule has 2 saturated carbocycles. The molecule has 3 aliphatic carbocycles. The molecular weight excluding hydrogens is 803 g/mol. The van der Waals surface area contributed by atoms with Crippen LogP contribution in [0.1, 0.15) is 86.7 Å². The third-order valence-corrected chi connectivity index (χ3v) is 13.5. The normalized spacial score (nSPS) is 31.9. The summed E-state index contributed by atoms with van der Waals surface area (Å²) in [6.07, 6.45) is -10.5. The third kappa shape index (κ3) is 7.29. The number of aliphatic hydroxyl groups excluding tert-OH is 2. The van der Waals surface area contributed by atoms with Crippen LogP contribution in [0, 0.1) is 16.7 Å². The summed E-state index contributed by atoms with van der Waals surface area (Å²) in [5.74, 6) is -6.84. The number of ether oxygens (including phenoxy) is 5. The van der Waals surface area contributed by atoms with E-state index in [4.69, 9.17) is 23.7 Å². The van der Waals surface area contributed by atoms with E-state index in [9.17, 15) is 39.3 Å². The van der Waals surface area contributed by atoms with Gasteiger partial charge in [-0.25, -0.2) is 9.59 Å². The first-order valence-electron chi connectivity index (χ1n) is 20.5. The summed E-state index contributed by atoms with van der Waals surface area (Å²) in [6.45, 7) is 7.97. The van der Waals surface area contributed by atoms with Gasteiger partial charge in [0.05, 0.1) is 35.6 Å². The minimum absolute atomic E-state index is 0.00289. The Morgan fingerprint density at radius 2 is 1.40 bits per heavy atom. The van der Waals surface area contributed by atoms with Crippen molar-refractivity contribution in [2.45, 2.75) is 108 Å². The fourth-order valence-electron chi connectivity index (χ4n) is 10.2. The molecule has 2 unspecified atom stereocenters. The molecule has 0 aromatic heterocycles. The van der Waals surface area contributed by atoms with Gasteiger partial charge in [-0.15, -0.1) is 0 Å². The van der Waals surface area contributed by atoms with E-state index in [-0.39, 0.29) is 35.3 Å². The molecule has 0 radical (unpaired) electrons. The third-order valence-electron chi connectivity index (χ3n) is 13.5. The molecule has 15 heteroatoms. The van der Waals surface area contributed by atoms with Crippen molar-refractivity contribution in [1.29, 1.82) is 0 Å². The number of esters is 4. The van der Waals surface area contributed by atoms with Crippen molar-refractivity contribution >= 4 is 35.6 Å². The number of rotatable bonds is 10. The Bertz CT molecular complexity index is 2280. The highest BCUT2D eigenvalue weighted by Gasteiger charge is 2.78. The smallest absolute Gasteiger partial charge is 0.338 e. The van der Waals surface area contributed by atoms with Crippen LogP contribution in [-0.2, 0) is 42.9 Å². The Kier molecular flexibility index (Phi) is 11.8. The lowest BCUT2D eigenvalue weighted by Gasteiger charge is -2.67. The second-order valence-electron chi connectivity index (χ2n) is 17.4. The number of Topliss-reactive ketones (excluding diaryl/α,β-unsaturated/α-hetero) is 1. The maximum absolute atomic E-state index is 15.5. The average Bonchev–Trinajstić information content (AvgIpc) is 3.24.